The number of carbonyl (C=O) groups is 2. The number of fused-ring (bicyclic) bond motifs is 1. The third-order valence-electron chi connectivity index (χ3n) is 5.08. The summed E-state index contributed by atoms with van der Waals surface area (Å²) in [6, 6.07) is 6.17. The van der Waals surface area contributed by atoms with Crippen molar-refractivity contribution in [1.29, 1.82) is 0 Å². The van der Waals surface area contributed by atoms with E-state index in [1.165, 1.54) is 6.92 Å². The first-order chi connectivity index (χ1) is 13.1. The van der Waals surface area contributed by atoms with Gasteiger partial charge in [0.05, 0.1) is 6.61 Å². The van der Waals surface area contributed by atoms with E-state index in [-0.39, 0.29) is 22.9 Å². The summed E-state index contributed by atoms with van der Waals surface area (Å²) in [5.74, 6) is 0.643. The Balaban J connectivity index is 0.000000408. The molecule has 3 aliphatic rings. The number of benzene rings is 1. The van der Waals surface area contributed by atoms with E-state index in [1.54, 1.807) is 6.92 Å². The SMILES string of the molecule is CCOC(=O)C1(C(C)=O)Cc2ccc([C]3[CH][CH][CH][CH]3)cc2C1.[CH]1[CH][CH][CH][CH]1.[Fe+2]. The van der Waals surface area contributed by atoms with Gasteiger partial charge in [-0.3, -0.25) is 9.59 Å². The fraction of sp³-hybridized carbons (Fsp3) is 0.250. The Kier molecular flexibility index (Phi) is 8.77. The summed E-state index contributed by atoms with van der Waals surface area (Å²) in [5, 5.41) is 0. The monoisotopic (exact) mass is 416 g/mol. The number of ether oxygens (including phenoxy) is 1. The first-order valence-electron chi connectivity index (χ1n) is 9.25. The van der Waals surface area contributed by atoms with E-state index in [0.29, 0.717) is 19.4 Å². The van der Waals surface area contributed by atoms with Crippen molar-refractivity contribution in [1.82, 2.24) is 0 Å². The average Bonchev–Trinajstić information content (AvgIpc) is 3.43. The average molecular weight is 416 g/mol. The summed E-state index contributed by atoms with van der Waals surface area (Å²) in [6.45, 7) is 3.55. The topological polar surface area (TPSA) is 43.4 Å². The Bertz CT molecular complexity index is 667. The molecule has 0 saturated heterocycles. The largest absolute Gasteiger partial charge is 2.00 e. The predicted molar refractivity (Wildman–Crippen MR) is 105 cm³/mol. The van der Waals surface area contributed by atoms with Crippen molar-refractivity contribution < 1.29 is 31.4 Å². The van der Waals surface area contributed by atoms with Gasteiger partial charge in [-0.15, -0.1) is 0 Å². The minimum atomic E-state index is -1.04. The number of carbonyl (C=O) groups excluding carboxylic acids is 2. The van der Waals surface area contributed by atoms with Gasteiger partial charge in [0.25, 0.3) is 0 Å². The van der Waals surface area contributed by atoms with Crippen molar-refractivity contribution in [2.75, 3.05) is 6.61 Å². The van der Waals surface area contributed by atoms with E-state index in [2.05, 4.69) is 25.0 Å². The van der Waals surface area contributed by atoms with Gasteiger partial charge < -0.3 is 4.74 Å². The molecule has 0 heterocycles. The first-order valence-corrected chi connectivity index (χ1v) is 9.25. The molecular weight excluding hydrogens is 392 g/mol. The van der Waals surface area contributed by atoms with Gasteiger partial charge in [0, 0.05) is 5.92 Å². The van der Waals surface area contributed by atoms with Crippen LogP contribution in [0.4, 0.5) is 0 Å². The molecule has 2 saturated carbocycles. The number of hydrogen-bond acceptors (Lipinski definition) is 3. The van der Waals surface area contributed by atoms with Crippen molar-refractivity contribution in [3.05, 3.63) is 98.6 Å². The summed E-state index contributed by atoms with van der Waals surface area (Å²) in [5.41, 5.74) is 2.22. The fourth-order valence-electron chi connectivity index (χ4n) is 3.55. The van der Waals surface area contributed by atoms with Crippen molar-refractivity contribution in [3.8, 4) is 0 Å². The molecule has 4 heteroatoms. The second-order valence-electron chi connectivity index (χ2n) is 6.83. The summed E-state index contributed by atoms with van der Waals surface area (Å²) in [6.07, 6.45) is 19.0. The molecule has 144 valence electrons. The second kappa shape index (κ2) is 10.6. The third-order valence-corrected chi connectivity index (χ3v) is 5.08. The van der Waals surface area contributed by atoms with Gasteiger partial charge in [-0.2, -0.15) is 0 Å². The molecule has 28 heavy (non-hydrogen) atoms. The fourth-order valence-corrected chi connectivity index (χ4v) is 3.55. The van der Waals surface area contributed by atoms with E-state index in [4.69, 9.17) is 4.74 Å². The first kappa shape index (κ1) is 23.2. The van der Waals surface area contributed by atoms with Crippen LogP contribution in [0.2, 0.25) is 0 Å². The zero-order valence-corrected chi connectivity index (χ0v) is 17.2. The van der Waals surface area contributed by atoms with E-state index < -0.39 is 11.4 Å². The van der Waals surface area contributed by atoms with Gasteiger partial charge in [0.15, 0.2) is 0 Å². The van der Waals surface area contributed by atoms with Crippen LogP contribution in [-0.4, -0.2) is 18.4 Å². The van der Waals surface area contributed by atoms with Crippen LogP contribution in [0.5, 0.6) is 0 Å². The van der Waals surface area contributed by atoms with Crippen LogP contribution in [0.1, 0.15) is 30.5 Å². The number of Topliss-reactive ketones (excluding diaryl/α,β-unsaturated/α-hetero) is 1. The van der Waals surface area contributed by atoms with Crippen molar-refractivity contribution in [2.24, 2.45) is 5.41 Å². The molecule has 10 radical (unpaired) electrons. The molecular formula is C24H24FeO3+2. The molecule has 1 aromatic rings. The van der Waals surface area contributed by atoms with Gasteiger partial charge in [-0.1, -0.05) is 18.2 Å². The quantitative estimate of drug-likeness (QED) is 0.427. The molecule has 3 nitrogen and oxygen atoms in total. The molecule has 0 amide bonds. The zero-order valence-electron chi connectivity index (χ0n) is 16.1. The number of hydrogen-bond donors (Lipinski definition) is 0. The maximum atomic E-state index is 12.3. The van der Waals surface area contributed by atoms with Gasteiger partial charge in [-0.25, -0.2) is 0 Å². The van der Waals surface area contributed by atoms with E-state index >= 15 is 0 Å². The van der Waals surface area contributed by atoms with Crippen LogP contribution < -0.4 is 0 Å². The Hall–Kier alpha value is -1.12. The summed E-state index contributed by atoms with van der Waals surface area (Å²) in [7, 11) is 0. The standard InChI is InChI=1S/C19H19O3.C5H5.Fe/c1-3-22-18(21)19(13(2)20)11-16-9-8-15(10-17(16)12-19)14-6-4-5-7-14;1-2-4-5-3-1;/h4-10H,3,11-12H2,1-2H3;1-5H;/q;;+2. The van der Waals surface area contributed by atoms with Crippen molar-refractivity contribution >= 4 is 11.8 Å². The summed E-state index contributed by atoms with van der Waals surface area (Å²) < 4.78 is 5.16. The number of ketones is 1. The molecule has 0 N–H and O–H groups in total. The van der Waals surface area contributed by atoms with Crippen LogP contribution in [0, 0.1) is 69.1 Å². The maximum Gasteiger partial charge on any atom is 2.00 e. The number of esters is 1. The van der Waals surface area contributed by atoms with E-state index in [1.807, 2.05) is 51.0 Å². The molecule has 1 atom stereocenters. The predicted octanol–water partition coefficient (Wildman–Crippen LogP) is 3.70. The molecule has 1 aromatic carbocycles. The van der Waals surface area contributed by atoms with E-state index in [9.17, 15) is 9.59 Å². The smallest absolute Gasteiger partial charge is 0.465 e. The van der Waals surface area contributed by atoms with Crippen LogP contribution in [0.15, 0.2) is 18.2 Å². The molecule has 0 bridgehead atoms. The van der Waals surface area contributed by atoms with E-state index in [0.717, 1.165) is 22.6 Å². The normalized spacial score (nSPS) is 23.4. The Labute approximate surface area is 180 Å². The van der Waals surface area contributed by atoms with Crippen LogP contribution in [-0.2, 0) is 44.2 Å². The number of rotatable bonds is 4. The maximum absolute atomic E-state index is 12.3. The second-order valence-corrected chi connectivity index (χ2v) is 6.83. The Morgan fingerprint density at radius 2 is 1.50 bits per heavy atom. The van der Waals surface area contributed by atoms with Gasteiger partial charge in [0.1, 0.15) is 11.2 Å². The van der Waals surface area contributed by atoms with Gasteiger partial charge >= 0.3 is 23.0 Å². The minimum absolute atomic E-state index is 0. The van der Waals surface area contributed by atoms with Crippen molar-refractivity contribution in [3.63, 3.8) is 0 Å². The molecule has 0 aliphatic heterocycles. The Morgan fingerprint density at radius 1 is 0.929 bits per heavy atom. The van der Waals surface area contributed by atoms with Crippen LogP contribution in [0.25, 0.3) is 0 Å². The Morgan fingerprint density at radius 3 is 2.04 bits per heavy atom. The molecule has 2 fully saturated rings. The van der Waals surface area contributed by atoms with Crippen molar-refractivity contribution in [2.45, 2.75) is 26.7 Å². The molecule has 3 aliphatic carbocycles. The van der Waals surface area contributed by atoms with Crippen LogP contribution >= 0.6 is 0 Å². The third kappa shape index (κ3) is 5.07. The molecule has 0 spiro atoms. The van der Waals surface area contributed by atoms with Gasteiger partial charge in [0.2, 0.25) is 0 Å². The molecule has 4 rings (SSSR count). The molecule has 0 aromatic heterocycles. The summed E-state index contributed by atoms with van der Waals surface area (Å²) in [4.78, 5) is 24.5. The molecule has 1 unspecified atom stereocenters. The van der Waals surface area contributed by atoms with Gasteiger partial charge in [-0.05, 0) is 101 Å². The summed E-state index contributed by atoms with van der Waals surface area (Å²) >= 11 is 0. The van der Waals surface area contributed by atoms with Crippen LogP contribution in [0.3, 0.4) is 0 Å². The minimum Gasteiger partial charge on any atom is -0.465 e. The zero-order chi connectivity index (χ0) is 19.3.